The molecular weight excluding hydrogens is 212 g/mol. The minimum Gasteiger partial charge on any atom is -0.494 e. The molecule has 0 saturated carbocycles. The molecular formula is C14H24N2O. The number of likely N-dealkylation sites (N-methyl/N-ethyl adjacent to an activating group) is 2. The Kier molecular flexibility index (Phi) is 5.29. The predicted molar refractivity (Wildman–Crippen MR) is 74.3 cm³/mol. The maximum atomic E-state index is 5.50. The van der Waals surface area contributed by atoms with Crippen molar-refractivity contribution in [1.82, 2.24) is 5.32 Å². The summed E-state index contributed by atoms with van der Waals surface area (Å²) in [5.74, 6) is 0.981. The second kappa shape index (κ2) is 6.50. The number of nitrogens with zero attached hydrogens (tertiary/aromatic N) is 1. The lowest BCUT2D eigenvalue weighted by Gasteiger charge is -2.23. The van der Waals surface area contributed by atoms with Crippen molar-refractivity contribution >= 4 is 5.69 Å². The normalized spacial score (nSPS) is 10.4. The van der Waals surface area contributed by atoms with Gasteiger partial charge >= 0.3 is 0 Å². The zero-order valence-corrected chi connectivity index (χ0v) is 11.6. The molecule has 0 heterocycles. The van der Waals surface area contributed by atoms with Crippen molar-refractivity contribution in [3.8, 4) is 5.75 Å². The lowest BCUT2D eigenvalue weighted by molar-refractivity contribution is 0.411. The van der Waals surface area contributed by atoms with Gasteiger partial charge in [-0.3, -0.25) is 0 Å². The molecule has 1 aromatic rings. The molecule has 1 aromatic carbocycles. The van der Waals surface area contributed by atoms with E-state index in [0.29, 0.717) is 0 Å². The number of rotatable bonds is 6. The van der Waals surface area contributed by atoms with Gasteiger partial charge in [-0.05, 0) is 37.6 Å². The molecule has 0 saturated heterocycles. The van der Waals surface area contributed by atoms with Gasteiger partial charge in [0.2, 0.25) is 0 Å². The smallest absolute Gasteiger partial charge is 0.145 e. The first-order valence-electron chi connectivity index (χ1n) is 6.17. The summed E-state index contributed by atoms with van der Waals surface area (Å²) >= 11 is 0. The van der Waals surface area contributed by atoms with E-state index in [9.17, 15) is 0 Å². The van der Waals surface area contributed by atoms with Crippen molar-refractivity contribution < 1.29 is 4.74 Å². The van der Waals surface area contributed by atoms with Crippen LogP contribution in [0, 0.1) is 13.8 Å². The Morgan fingerprint density at radius 1 is 1.29 bits per heavy atom. The van der Waals surface area contributed by atoms with E-state index < -0.39 is 0 Å². The third-order valence-corrected chi connectivity index (χ3v) is 2.89. The molecule has 0 aliphatic heterocycles. The number of hydrogen-bond donors (Lipinski definition) is 1. The summed E-state index contributed by atoms with van der Waals surface area (Å²) in [6.07, 6.45) is 0. The molecule has 0 aliphatic rings. The van der Waals surface area contributed by atoms with Crippen LogP contribution in [-0.4, -0.2) is 33.8 Å². The van der Waals surface area contributed by atoms with Gasteiger partial charge < -0.3 is 15.0 Å². The first-order chi connectivity index (χ1) is 8.10. The first kappa shape index (κ1) is 13.8. The zero-order chi connectivity index (χ0) is 12.8. The molecule has 1 rings (SSSR count). The summed E-state index contributed by atoms with van der Waals surface area (Å²) < 4.78 is 5.50. The standard InChI is InChI=1S/C14H24N2O/c1-6-15-7-8-16(4)13-10-11(2)9-12(3)14(13)17-5/h9-10,15H,6-8H2,1-5H3. The van der Waals surface area contributed by atoms with Crippen molar-refractivity contribution in [2.75, 3.05) is 38.7 Å². The summed E-state index contributed by atoms with van der Waals surface area (Å²) in [4.78, 5) is 2.24. The molecule has 0 radical (unpaired) electrons. The van der Waals surface area contributed by atoms with Crippen LogP contribution < -0.4 is 15.0 Å². The fourth-order valence-electron chi connectivity index (χ4n) is 2.03. The predicted octanol–water partition coefficient (Wildman–Crippen LogP) is 2.36. The maximum Gasteiger partial charge on any atom is 0.145 e. The molecule has 1 N–H and O–H groups in total. The van der Waals surface area contributed by atoms with Crippen LogP contribution in [0.1, 0.15) is 18.1 Å². The van der Waals surface area contributed by atoms with Gasteiger partial charge in [0.1, 0.15) is 5.75 Å². The molecule has 0 aromatic heterocycles. The highest BCUT2D eigenvalue weighted by Crippen LogP contribution is 2.32. The molecule has 0 bridgehead atoms. The van der Waals surface area contributed by atoms with E-state index in [0.717, 1.165) is 25.4 Å². The summed E-state index contributed by atoms with van der Waals surface area (Å²) in [6.45, 7) is 9.31. The molecule has 96 valence electrons. The lowest BCUT2D eigenvalue weighted by atomic mass is 10.1. The van der Waals surface area contributed by atoms with Crippen molar-refractivity contribution in [3.05, 3.63) is 23.3 Å². The van der Waals surface area contributed by atoms with Crippen molar-refractivity contribution in [1.29, 1.82) is 0 Å². The molecule has 0 fully saturated rings. The van der Waals surface area contributed by atoms with Gasteiger partial charge in [-0.25, -0.2) is 0 Å². The Morgan fingerprint density at radius 3 is 2.59 bits per heavy atom. The SMILES string of the molecule is CCNCCN(C)c1cc(C)cc(C)c1OC. The highest BCUT2D eigenvalue weighted by Gasteiger charge is 2.11. The lowest BCUT2D eigenvalue weighted by Crippen LogP contribution is -2.29. The van der Waals surface area contributed by atoms with Crippen LogP contribution in [0.25, 0.3) is 0 Å². The number of hydrogen-bond acceptors (Lipinski definition) is 3. The number of benzene rings is 1. The van der Waals surface area contributed by atoms with Gasteiger partial charge in [0, 0.05) is 20.1 Å². The van der Waals surface area contributed by atoms with Crippen molar-refractivity contribution in [2.45, 2.75) is 20.8 Å². The van der Waals surface area contributed by atoms with Crippen LogP contribution in [-0.2, 0) is 0 Å². The fraction of sp³-hybridized carbons (Fsp3) is 0.571. The minimum atomic E-state index is 0.979. The van der Waals surface area contributed by atoms with Crippen LogP contribution in [0.4, 0.5) is 5.69 Å². The van der Waals surface area contributed by atoms with Gasteiger partial charge in [-0.2, -0.15) is 0 Å². The topological polar surface area (TPSA) is 24.5 Å². The van der Waals surface area contributed by atoms with Gasteiger partial charge in [0.15, 0.2) is 0 Å². The average Bonchev–Trinajstić information content (AvgIpc) is 2.28. The van der Waals surface area contributed by atoms with E-state index in [1.54, 1.807) is 7.11 Å². The second-order valence-electron chi connectivity index (χ2n) is 4.41. The van der Waals surface area contributed by atoms with Crippen LogP contribution >= 0.6 is 0 Å². The Bertz CT molecular complexity index is 363. The molecule has 0 amide bonds. The second-order valence-corrected chi connectivity index (χ2v) is 4.41. The highest BCUT2D eigenvalue weighted by molar-refractivity contribution is 5.63. The minimum absolute atomic E-state index is 0.979. The molecule has 17 heavy (non-hydrogen) atoms. The number of ether oxygens (including phenoxy) is 1. The molecule has 3 heteroatoms. The third-order valence-electron chi connectivity index (χ3n) is 2.89. The fourth-order valence-corrected chi connectivity index (χ4v) is 2.03. The largest absolute Gasteiger partial charge is 0.494 e. The maximum absolute atomic E-state index is 5.50. The number of aryl methyl sites for hydroxylation is 2. The van der Waals surface area contributed by atoms with Gasteiger partial charge in [-0.1, -0.05) is 13.0 Å². The van der Waals surface area contributed by atoms with Gasteiger partial charge in [0.05, 0.1) is 12.8 Å². The van der Waals surface area contributed by atoms with E-state index in [-0.39, 0.29) is 0 Å². The summed E-state index contributed by atoms with van der Waals surface area (Å²) in [5, 5.41) is 3.33. The number of nitrogens with one attached hydrogen (secondary N) is 1. The van der Waals surface area contributed by atoms with Crippen molar-refractivity contribution in [2.24, 2.45) is 0 Å². The quantitative estimate of drug-likeness (QED) is 0.767. The molecule has 0 spiro atoms. The van der Waals surface area contributed by atoms with Crippen LogP contribution in [0.5, 0.6) is 5.75 Å². The monoisotopic (exact) mass is 236 g/mol. The van der Waals surface area contributed by atoms with E-state index in [2.05, 4.69) is 50.2 Å². The zero-order valence-electron chi connectivity index (χ0n) is 11.6. The Hall–Kier alpha value is -1.22. The van der Waals surface area contributed by atoms with E-state index >= 15 is 0 Å². The molecule has 3 nitrogen and oxygen atoms in total. The van der Waals surface area contributed by atoms with Crippen LogP contribution in [0.2, 0.25) is 0 Å². The third kappa shape index (κ3) is 3.63. The summed E-state index contributed by atoms with van der Waals surface area (Å²) in [7, 11) is 3.84. The van der Waals surface area contributed by atoms with Gasteiger partial charge in [0.25, 0.3) is 0 Å². The van der Waals surface area contributed by atoms with Crippen molar-refractivity contribution in [3.63, 3.8) is 0 Å². The number of anilines is 1. The van der Waals surface area contributed by atoms with Crippen LogP contribution in [0.3, 0.4) is 0 Å². The van der Waals surface area contributed by atoms with Crippen LogP contribution in [0.15, 0.2) is 12.1 Å². The molecule has 0 unspecified atom stereocenters. The van der Waals surface area contributed by atoms with E-state index in [1.807, 2.05) is 0 Å². The Labute approximate surface area is 105 Å². The van der Waals surface area contributed by atoms with Gasteiger partial charge in [-0.15, -0.1) is 0 Å². The first-order valence-corrected chi connectivity index (χ1v) is 6.17. The highest BCUT2D eigenvalue weighted by atomic mass is 16.5. The molecule has 0 aliphatic carbocycles. The molecule has 0 atom stereocenters. The number of methoxy groups -OCH3 is 1. The average molecular weight is 236 g/mol. The van der Waals surface area contributed by atoms with E-state index in [1.165, 1.54) is 16.8 Å². The summed E-state index contributed by atoms with van der Waals surface area (Å²) in [5.41, 5.74) is 3.63. The Balaban J connectivity index is 2.87. The summed E-state index contributed by atoms with van der Waals surface area (Å²) in [6, 6.07) is 4.33. The van der Waals surface area contributed by atoms with E-state index in [4.69, 9.17) is 4.74 Å². The Morgan fingerprint density at radius 2 is 2.00 bits per heavy atom.